The maximum absolute atomic E-state index is 5.14. The van der Waals surface area contributed by atoms with Gasteiger partial charge in [-0.15, -0.1) is 0 Å². The van der Waals surface area contributed by atoms with Gasteiger partial charge < -0.3 is 15.6 Å². The van der Waals surface area contributed by atoms with Crippen molar-refractivity contribution in [3.05, 3.63) is 0 Å². The molecule has 0 bridgehead atoms. The number of nitrogens with zero attached hydrogens (tertiary/aromatic N) is 1. The second kappa shape index (κ2) is 9.18. The van der Waals surface area contributed by atoms with Crippen molar-refractivity contribution in [2.75, 3.05) is 26.2 Å². The van der Waals surface area contributed by atoms with Gasteiger partial charge in [-0.05, 0) is 38.1 Å². The summed E-state index contributed by atoms with van der Waals surface area (Å²) in [7, 11) is 0. The summed E-state index contributed by atoms with van der Waals surface area (Å²) < 4.78 is 0. The molecule has 0 spiro atoms. The van der Waals surface area contributed by atoms with Crippen molar-refractivity contribution in [1.82, 2.24) is 15.6 Å². The molecule has 0 atom stereocenters. The highest BCUT2D eigenvalue weighted by Gasteiger charge is 2.01. The van der Waals surface area contributed by atoms with E-state index in [2.05, 4.69) is 29.5 Å². The molecule has 4 nitrogen and oxygen atoms in total. The van der Waals surface area contributed by atoms with Crippen LogP contribution in [0.3, 0.4) is 0 Å². The summed E-state index contributed by atoms with van der Waals surface area (Å²) >= 11 is 4.87. The zero-order chi connectivity index (χ0) is 10.8. The molecule has 0 unspecified atom stereocenters. The third-order valence-electron chi connectivity index (χ3n) is 1.92. The summed E-state index contributed by atoms with van der Waals surface area (Å²) in [5.41, 5.74) is 2.40. The Balaban J connectivity index is 3.54. The SMILES string of the molecule is CCCN(CCC)CCNC(=S)NN. The highest BCUT2D eigenvalue weighted by atomic mass is 32.1. The summed E-state index contributed by atoms with van der Waals surface area (Å²) in [6.07, 6.45) is 2.39. The molecule has 4 N–H and O–H groups in total. The van der Waals surface area contributed by atoms with Gasteiger partial charge in [-0.25, -0.2) is 5.84 Å². The van der Waals surface area contributed by atoms with Crippen LogP contribution in [0.25, 0.3) is 0 Å². The largest absolute Gasteiger partial charge is 0.360 e. The molecule has 0 aliphatic rings. The monoisotopic (exact) mass is 218 g/mol. The molecule has 0 aromatic heterocycles. The Morgan fingerprint density at radius 1 is 1.21 bits per heavy atom. The number of nitrogens with one attached hydrogen (secondary N) is 2. The van der Waals surface area contributed by atoms with Gasteiger partial charge in [0.2, 0.25) is 0 Å². The topological polar surface area (TPSA) is 53.3 Å². The van der Waals surface area contributed by atoms with Crippen LogP contribution < -0.4 is 16.6 Å². The van der Waals surface area contributed by atoms with Crippen molar-refractivity contribution >= 4 is 17.3 Å². The highest BCUT2D eigenvalue weighted by molar-refractivity contribution is 7.80. The summed E-state index contributed by atoms with van der Waals surface area (Å²) in [5.74, 6) is 5.14. The first-order valence-electron chi connectivity index (χ1n) is 5.21. The molecule has 0 amide bonds. The van der Waals surface area contributed by atoms with Gasteiger partial charge in [-0.2, -0.15) is 0 Å². The number of hydrazine groups is 1. The zero-order valence-corrected chi connectivity index (χ0v) is 9.99. The lowest BCUT2D eigenvalue weighted by Gasteiger charge is -2.21. The summed E-state index contributed by atoms with van der Waals surface area (Å²) in [4.78, 5) is 2.42. The summed E-state index contributed by atoms with van der Waals surface area (Å²) in [5, 5.41) is 3.55. The van der Waals surface area contributed by atoms with E-state index in [1.807, 2.05) is 0 Å². The molecule has 0 saturated carbocycles. The maximum Gasteiger partial charge on any atom is 0.180 e. The first-order valence-corrected chi connectivity index (χ1v) is 5.62. The molecule has 0 fully saturated rings. The second-order valence-corrected chi connectivity index (χ2v) is 3.65. The van der Waals surface area contributed by atoms with Gasteiger partial charge in [0.25, 0.3) is 0 Å². The van der Waals surface area contributed by atoms with Crippen LogP contribution in [-0.4, -0.2) is 36.2 Å². The number of hydrogen-bond donors (Lipinski definition) is 3. The van der Waals surface area contributed by atoms with Crippen LogP contribution in [0, 0.1) is 0 Å². The predicted octanol–water partition coefficient (Wildman–Crippen LogP) is 0.446. The van der Waals surface area contributed by atoms with E-state index in [1.54, 1.807) is 0 Å². The second-order valence-electron chi connectivity index (χ2n) is 3.24. The molecule has 0 saturated heterocycles. The Morgan fingerprint density at radius 2 is 1.79 bits per heavy atom. The van der Waals surface area contributed by atoms with E-state index in [-0.39, 0.29) is 0 Å². The smallest absolute Gasteiger partial charge is 0.180 e. The minimum Gasteiger partial charge on any atom is -0.360 e. The molecule has 84 valence electrons. The van der Waals surface area contributed by atoms with Gasteiger partial charge in [0.15, 0.2) is 5.11 Å². The Morgan fingerprint density at radius 3 is 2.21 bits per heavy atom. The number of rotatable bonds is 7. The van der Waals surface area contributed by atoms with E-state index in [9.17, 15) is 0 Å². The van der Waals surface area contributed by atoms with Crippen LogP contribution in [0.5, 0.6) is 0 Å². The van der Waals surface area contributed by atoms with Crippen molar-refractivity contribution in [2.45, 2.75) is 26.7 Å². The Bertz CT molecular complexity index is 146. The number of nitrogens with two attached hydrogens (primary N) is 1. The molecule has 0 heterocycles. The van der Waals surface area contributed by atoms with Gasteiger partial charge in [0, 0.05) is 13.1 Å². The van der Waals surface area contributed by atoms with Crippen LogP contribution in [0.1, 0.15) is 26.7 Å². The fraction of sp³-hybridized carbons (Fsp3) is 0.889. The van der Waals surface area contributed by atoms with Crippen LogP contribution >= 0.6 is 12.2 Å². The van der Waals surface area contributed by atoms with Crippen LogP contribution in [0.15, 0.2) is 0 Å². The Kier molecular flexibility index (Phi) is 8.92. The standard InChI is InChI=1S/C9H22N4S/c1-3-6-13(7-4-2)8-5-11-9(14)12-10/h3-8,10H2,1-2H3,(H2,11,12,14). The average Bonchev–Trinajstić information content (AvgIpc) is 2.18. The van der Waals surface area contributed by atoms with Gasteiger partial charge in [0.05, 0.1) is 0 Å². The first-order chi connectivity index (χ1) is 6.74. The molecule has 0 aromatic carbocycles. The van der Waals surface area contributed by atoms with E-state index in [4.69, 9.17) is 18.1 Å². The van der Waals surface area contributed by atoms with Gasteiger partial charge >= 0.3 is 0 Å². The molecule has 0 aliphatic heterocycles. The predicted molar refractivity (Wildman–Crippen MR) is 64.9 cm³/mol. The van der Waals surface area contributed by atoms with E-state index in [0.29, 0.717) is 5.11 Å². The molecule has 0 radical (unpaired) electrons. The zero-order valence-electron chi connectivity index (χ0n) is 9.18. The van der Waals surface area contributed by atoms with Crippen LogP contribution in [0.2, 0.25) is 0 Å². The fourth-order valence-electron chi connectivity index (χ4n) is 1.35. The van der Waals surface area contributed by atoms with E-state index in [1.165, 1.54) is 12.8 Å². The summed E-state index contributed by atoms with van der Waals surface area (Å²) in [6, 6.07) is 0. The van der Waals surface area contributed by atoms with Crippen molar-refractivity contribution in [3.63, 3.8) is 0 Å². The molecular formula is C9H22N4S. The number of hydrogen-bond acceptors (Lipinski definition) is 3. The van der Waals surface area contributed by atoms with Crippen molar-refractivity contribution < 1.29 is 0 Å². The molecule has 0 aromatic rings. The van der Waals surface area contributed by atoms with E-state index >= 15 is 0 Å². The Labute approximate surface area is 92.2 Å². The molecular weight excluding hydrogens is 196 g/mol. The average molecular weight is 218 g/mol. The third-order valence-corrected chi connectivity index (χ3v) is 2.19. The minimum atomic E-state index is 0.512. The van der Waals surface area contributed by atoms with E-state index < -0.39 is 0 Å². The normalized spacial score (nSPS) is 10.3. The number of thiocarbonyl (C=S) groups is 1. The molecule has 0 aliphatic carbocycles. The molecule has 14 heavy (non-hydrogen) atoms. The Hall–Kier alpha value is -0.390. The quantitative estimate of drug-likeness (QED) is 0.329. The first kappa shape index (κ1) is 13.6. The fourth-order valence-corrected chi connectivity index (χ4v) is 1.45. The van der Waals surface area contributed by atoms with E-state index in [0.717, 1.165) is 26.2 Å². The van der Waals surface area contributed by atoms with Crippen molar-refractivity contribution in [3.8, 4) is 0 Å². The molecule has 5 heteroatoms. The minimum absolute atomic E-state index is 0.512. The van der Waals surface area contributed by atoms with Crippen LogP contribution in [-0.2, 0) is 0 Å². The maximum atomic E-state index is 5.14. The van der Waals surface area contributed by atoms with Crippen LogP contribution in [0.4, 0.5) is 0 Å². The lowest BCUT2D eigenvalue weighted by atomic mass is 10.3. The van der Waals surface area contributed by atoms with Gasteiger partial charge in [-0.1, -0.05) is 13.8 Å². The molecule has 0 rings (SSSR count). The lowest BCUT2D eigenvalue weighted by molar-refractivity contribution is 0.279. The third kappa shape index (κ3) is 7.06. The van der Waals surface area contributed by atoms with Gasteiger partial charge in [-0.3, -0.25) is 0 Å². The van der Waals surface area contributed by atoms with Crippen molar-refractivity contribution in [2.24, 2.45) is 5.84 Å². The highest BCUT2D eigenvalue weighted by Crippen LogP contribution is 1.92. The lowest BCUT2D eigenvalue weighted by Crippen LogP contribution is -2.43. The van der Waals surface area contributed by atoms with Gasteiger partial charge in [0.1, 0.15) is 0 Å². The van der Waals surface area contributed by atoms with Crippen molar-refractivity contribution in [1.29, 1.82) is 0 Å². The summed E-state index contributed by atoms with van der Waals surface area (Å²) in [6.45, 7) is 8.56.